The van der Waals surface area contributed by atoms with Gasteiger partial charge < -0.3 is 14.9 Å². The van der Waals surface area contributed by atoms with Crippen LogP contribution in [0.15, 0.2) is 18.2 Å². The van der Waals surface area contributed by atoms with Gasteiger partial charge in [-0.2, -0.15) is 0 Å². The van der Waals surface area contributed by atoms with E-state index in [1.807, 2.05) is 18.2 Å². The third-order valence-electron chi connectivity index (χ3n) is 6.12. The Labute approximate surface area is 158 Å². The van der Waals surface area contributed by atoms with Gasteiger partial charge in [-0.1, -0.05) is 0 Å². The molecule has 1 fully saturated rings. The van der Waals surface area contributed by atoms with E-state index in [0.29, 0.717) is 5.92 Å². The maximum Gasteiger partial charge on any atom is 0.251 e. The molecule has 140 valence electrons. The first-order valence-corrected chi connectivity index (χ1v) is 9.92. The van der Waals surface area contributed by atoms with Crippen LogP contribution >= 0.6 is 0 Å². The number of rotatable bonds is 3. The van der Waals surface area contributed by atoms with Gasteiger partial charge in [0.15, 0.2) is 0 Å². The van der Waals surface area contributed by atoms with E-state index in [9.17, 15) is 4.79 Å². The highest BCUT2D eigenvalue weighted by Crippen LogP contribution is 2.39. The summed E-state index contributed by atoms with van der Waals surface area (Å²) in [5.74, 6) is 2.85. The lowest BCUT2D eigenvalue weighted by atomic mass is 10.1. The van der Waals surface area contributed by atoms with Crippen LogP contribution in [0.5, 0.6) is 0 Å². The van der Waals surface area contributed by atoms with E-state index in [1.54, 1.807) is 0 Å². The van der Waals surface area contributed by atoms with Gasteiger partial charge in [-0.15, -0.1) is 10.2 Å². The summed E-state index contributed by atoms with van der Waals surface area (Å²) in [7, 11) is 0. The number of benzene rings is 1. The molecule has 0 bridgehead atoms. The number of hydrogen-bond acceptors (Lipinski definition) is 3. The summed E-state index contributed by atoms with van der Waals surface area (Å²) in [5.41, 5.74) is 4.17. The van der Waals surface area contributed by atoms with Crippen LogP contribution in [0.3, 0.4) is 0 Å². The molecule has 6 nitrogen and oxygen atoms in total. The van der Waals surface area contributed by atoms with Crippen molar-refractivity contribution in [3.8, 4) is 0 Å². The van der Waals surface area contributed by atoms with E-state index in [2.05, 4.69) is 38.9 Å². The average Bonchev–Trinajstić information content (AvgIpc) is 3.41. The zero-order valence-corrected chi connectivity index (χ0v) is 15.9. The molecule has 5 rings (SSSR count). The summed E-state index contributed by atoms with van der Waals surface area (Å²) in [6.45, 7) is 5.05. The van der Waals surface area contributed by atoms with E-state index in [-0.39, 0.29) is 11.9 Å². The van der Waals surface area contributed by atoms with E-state index < -0.39 is 0 Å². The molecular weight excluding hydrogens is 338 g/mol. The highest BCUT2D eigenvalue weighted by atomic mass is 16.1. The van der Waals surface area contributed by atoms with Crippen molar-refractivity contribution >= 4 is 16.8 Å². The summed E-state index contributed by atoms with van der Waals surface area (Å²) in [6.07, 6.45) is 5.19. The molecule has 1 atom stereocenters. The van der Waals surface area contributed by atoms with Crippen molar-refractivity contribution in [2.24, 2.45) is 0 Å². The van der Waals surface area contributed by atoms with Crippen molar-refractivity contribution in [3.05, 3.63) is 46.7 Å². The fourth-order valence-corrected chi connectivity index (χ4v) is 4.17. The molecular formula is C21H25N5O. The van der Waals surface area contributed by atoms with Gasteiger partial charge in [-0.25, -0.2) is 0 Å². The summed E-state index contributed by atoms with van der Waals surface area (Å²) in [6, 6.07) is 6.08. The van der Waals surface area contributed by atoms with Crippen LogP contribution < -0.4 is 5.32 Å². The maximum atomic E-state index is 12.8. The van der Waals surface area contributed by atoms with Crippen LogP contribution in [0.25, 0.3) is 10.9 Å². The molecule has 2 aliphatic rings. The predicted molar refractivity (Wildman–Crippen MR) is 104 cm³/mol. The molecule has 1 aliphatic carbocycles. The number of amides is 1. The van der Waals surface area contributed by atoms with Crippen molar-refractivity contribution in [1.29, 1.82) is 0 Å². The van der Waals surface area contributed by atoms with Crippen molar-refractivity contribution in [2.75, 3.05) is 0 Å². The third kappa shape index (κ3) is 2.93. The lowest BCUT2D eigenvalue weighted by Crippen LogP contribution is -2.35. The second-order valence-corrected chi connectivity index (χ2v) is 8.03. The topological polar surface area (TPSA) is 75.6 Å². The van der Waals surface area contributed by atoms with Gasteiger partial charge in [0.25, 0.3) is 5.91 Å². The second kappa shape index (κ2) is 6.22. The van der Waals surface area contributed by atoms with Crippen molar-refractivity contribution < 1.29 is 4.79 Å². The molecule has 1 unspecified atom stereocenters. The summed E-state index contributed by atoms with van der Waals surface area (Å²) >= 11 is 0. The molecule has 2 N–H and O–H groups in total. The Balaban J connectivity index is 1.30. The normalized spacial score (nSPS) is 19.7. The van der Waals surface area contributed by atoms with Crippen molar-refractivity contribution in [3.63, 3.8) is 0 Å². The number of aryl methyl sites for hydroxylation is 3. The monoisotopic (exact) mass is 363 g/mol. The van der Waals surface area contributed by atoms with Crippen LogP contribution in [0.2, 0.25) is 0 Å². The molecule has 1 amide bonds. The summed E-state index contributed by atoms with van der Waals surface area (Å²) in [5, 5.41) is 13.2. The van der Waals surface area contributed by atoms with Crippen molar-refractivity contribution in [1.82, 2.24) is 25.1 Å². The van der Waals surface area contributed by atoms with Gasteiger partial charge in [0.05, 0.1) is 0 Å². The number of nitrogens with zero attached hydrogens (tertiary/aromatic N) is 3. The zero-order valence-electron chi connectivity index (χ0n) is 15.9. The molecule has 1 aliphatic heterocycles. The largest absolute Gasteiger partial charge is 0.358 e. The lowest BCUT2D eigenvalue weighted by molar-refractivity contribution is 0.0933. The molecule has 2 aromatic heterocycles. The second-order valence-electron chi connectivity index (χ2n) is 8.03. The minimum atomic E-state index is 0.0141. The Morgan fingerprint density at radius 3 is 2.85 bits per heavy atom. The number of hydrogen-bond donors (Lipinski definition) is 2. The lowest BCUT2D eigenvalue weighted by Gasteiger charge is -2.16. The minimum Gasteiger partial charge on any atom is -0.358 e. The number of H-pyrrole nitrogens is 1. The number of fused-ring (bicyclic) bond motifs is 2. The van der Waals surface area contributed by atoms with E-state index in [4.69, 9.17) is 0 Å². The van der Waals surface area contributed by atoms with E-state index in [1.165, 1.54) is 18.4 Å². The molecule has 1 aromatic carbocycles. The van der Waals surface area contributed by atoms with Crippen molar-refractivity contribution in [2.45, 2.75) is 64.5 Å². The average molecular weight is 363 g/mol. The van der Waals surface area contributed by atoms with Gasteiger partial charge >= 0.3 is 0 Å². The molecule has 6 heteroatoms. The minimum absolute atomic E-state index is 0.0141. The molecule has 0 spiro atoms. The van der Waals surface area contributed by atoms with Crippen LogP contribution in [-0.4, -0.2) is 31.7 Å². The van der Waals surface area contributed by atoms with E-state index in [0.717, 1.165) is 59.6 Å². The Kier molecular flexibility index (Phi) is 3.81. The predicted octanol–water partition coefficient (Wildman–Crippen LogP) is 3.39. The van der Waals surface area contributed by atoms with Crippen LogP contribution in [0.1, 0.15) is 64.9 Å². The van der Waals surface area contributed by atoms with Gasteiger partial charge in [-0.05, 0) is 63.3 Å². The number of aromatic amines is 1. The first-order chi connectivity index (χ1) is 13.1. The van der Waals surface area contributed by atoms with E-state index >= 15 is 0 Å². The van der Waals surface area contributed by atoms with Gasteiger partial charge in [0.2, 0.25) is 0 Å². The van der Waals surface area contributed by atoms with Gasteiger partial charge in [-0.3, -0.25) is 4.79 Å². The zero-order chi connectivity index (χ0) is 18.5. The summed E-state index contributed by atoms with van der Waals surface area (Å²) in [4.78, 5) is 16.2. The fourth-order valence-electron chi connectivity index (χ4n) is 4.17. The maximum absolute atomic E-state index is 12.8. The summed E-state index contributed by atoms with van der Waals surface area (Å²) < 4.78 is 2.29. The third-order valence-corrected chi connectivity index (χ3v) is 6.12. The number of carbonyl (C=O) groups is 1. The molecule has 27 heavy (non-hydrogen) atoms. The fraction of sp³-hybridized carbons (Fsp3) is 0.476. The standard InChI is InChI=1S/C21H25N5O/c1-12-13(2)22-18-7-5-15(11-17(12)18)21(27)23-16-6-8-19-24-25-20(14-3-4-14)26(19)10-9-16/h5,7,11,14,16,22H,3-4,6,8-10H2,1-2H3,(H,23,27). The van der Waals surface area contributed by atoms with Crippen LogP contribution in [0.4, 0.5) is 0 Å². The molecule has 0 radical (unpaired) electrons. The number of aromatic nitrogens is 4. The Bertz CT molecular complexity index is 1030. The Hall–Kier alpha value is -2.63. The number of nitrogens with one attached hydrogen (secondary N) is 2. The first kappa shape index (κ1) is 16.5. The van der Waals surface area contributed by atoms with Gasteiger partial charge in [0.1, 0.15) is 11.6 Å². The number of carbonyl (C=O) groups excluding carboxylic acids is 1. The Morgan fingerprint density at radius 1 is 1.19 bits per heavy atom. The molecule has 1 saturated carbocycles. The molecule has 0 saturated heterocycles. The van der Waals surface area contributed by atoms with Crippen LogP contribution in [0, 0.1) is 13.8 Å². The quantitative estimate of drug-likeness (QED) is 0.749. The highest BCUT2D eigenvalue weighted by molar-refractivity contribution is 5.99. The Morgan fingerprint density at radius 2 is 2.04 bits per heavy atom. The molecule has 3 aromatic rings. The smallest absolute Gasteiger partial charge is 0.251 e. The van der Waals surface area contributed by atoms with Crippen LogP contribution in [-0.2, 0) is 13.0 Å². The first-order valence-electron chi connectivity index (χ1n) is 9.92. The van der Waals surface area contributed by atoms with Gasteiger partial charge in [0, 0.05) is 47.1 Å². The molecule has 3 heterocycles. The highest BCUT2D eigenvalue weighted by Gasteiger charge is 2.31. The SMILES string of the molecule is Cc1[nH]c2ccc(C(=O)NC3CCc4nnc(C5CC5)n4CC3)cc2c1C.